The van der Waals surface area contributed by atoms with Crippen LogP contribution in [0.2, 0.25) is 0 Å². The Morgan fingerprint density at radius 2 is 1.67 bits per heavy atom. The molecule has 0 aliphatic heterocycles. The van der Waals surface area contributed by atoms with E-state index in [-0.39, 0.29) is 0 Å². The van der Waals surface area contributed by atoms with Crippen LogP contribution >= 0.6 is 0 Å². The Kier molecular flexibility index (Phi) is 1.41. The number of nitrogens with one attached hydrogen (secondary N) is 1. The second-order valence-corrected chi connectivity index (χ2v) is 4.96. The number of benzene rings is 1. The molecule has 0 amide bonds. The molecule has 1 aromatic heterocycles. The summed E-state index contributed by atoms with van der Waals surface area (Å²) < 4.78 is 0. The normalized spacial score (nSPS) is 18.4. The molecule has 15 heavy (non-hydrogen) atoms. The van der Waals surface area contributed by atoms with Gasteiger partial charge in [0.05, 0.1) is 0 Å². The molecule has 1 aromatic carbocycles. The number of H-pyrrole nitrogens is 1. The monoisotopic (exact) mass is 197 g/mol. The zero-order valence-corrected chi connectivity index (χ0v) is 8.90. The molecule has 1 heterocycles. The van der Waals surface area contributed by atoms with Gasteiger partial charge in [-0.05, 0) is 67.3 Å². The molecule has 0 saturated heterocycles. The van der Waals surface area contributed by atoms with E-state index in [1.807, 2.05) is 0 Å². The Balaban J connectivity index is 2.06. The Hall–Kier alpha value is -1.24. The molecule has 2 aliphatic carbocycles. The first-order valence-electron chi connectivity index (χ1n) is 6.07. The number of aryl methyl sites for hydroxylation is 4. The summed E-state index contributed by atoms with van der Waals surface area (Å²) in [5, 5.41) is 1.52. The summed E-state index contributed by atoms with van der Waals surface area (Å²) in [5.41, 5.74) is 7.68. The second kappa shape index (κ2) is 2.66. The van der Waals surface area contributed by atoms with Gasteiger partial charge in [-0.1, -0.05) is 0 Å². The second-order valence-electron chi connectivity index (χ2n) is 4.96. The SMILES string of the molecule is c1c2c(cc3c4c([nH]c13)CCCC4)CC2. The highest BCUT2D eigenvalue weighted by atomic mass is 14.7. The van der Waals surface area contributed by atoms with Crippen molar-refractivity contribution in [1.29, 1.82) is 0 Å². The first-order valence-corrected chi connectivity index (χ1v) is 6.07. The quantitative estimate of drug-likeness (QED) is 0.667. The molecule has 0 bridgehead atoms. The van der Waals surface area contributed by atoms with Gasteiger partial charge >= 0.3 is 0 Å². The summed E-state index contributed by atoms with van der Waals surface area (Å²) in [5.74, 6) is 0. The fourth-order valence-electron chi connectivity index (χ4n) is 3.10. The van der Waals surface area contributed by atoms with Gasteiger partial charge < -0.3 is 4.98 Å². The molecule has 76 valence electrons. The average Bonchev–Trinajstić information content (AvgIpc) is 2.59. The van der Waals surface area contributed by atoms with Gasteiger partial charge in [0.15, 0.2) is 0 Å². The van der Waals surface area contributed by atoms with Crippen LogP contribution in [-0.2, 0) is 25.7 Å². The van der Waals surface area contributed by atoms with Crippen LogP contribution in [0, 0.1) is 0 Å². The third-order valence-corrected chi connectivity index (χ3v) is 4.08. The predicted molar refractivity (Wildman–Crippen MR) is 62.3 cm³/mol. The summed E-state index contributed by atoms with van der Waals surface area (Å²) in [6.07, 6.45) is 7.86. The van der Waals surface area contributed by atoms with Crippen molar-refractivity contribution >= 4 is 10.9 Å². The van der Waals surface area contributed by atoms with Crippen LogP contribution in [-0.4, -0.2) is 4.98 Å². The predicted octanol–water partition coefficient (Wildman–Crippen LogP) is 3.15. The maximum Gasteiger partial charge on any atom is 0.0461 e. The van der Waals surface area contributed by atoms with Gasteiger partial charge in [0, 0.05) is 16.6 Å². The van der Waals surface area contributed by atoms with Crippen molar-refractivity contribution in [2.75, 3.05) is 0 Å². The molecule has 1 nitrogen and oxygen atoms in total. The number of fused-ring (bicyclic) bond motifs is 4. The minimum atomic E-state index is 1.26. The van der Waals surface area contributed by atoms with E-state index in [0.717, 1.165) is 0 Å². The highest BCUT2D eigenvalue weighted by molar-refractivity contribution is 5.87. The summed E-state index contributed by atoms with van der Waals surface area (Å²) in [7, 11) is 0. The third kappa shape index (κ3) is 0.983. The van der Waals surface area contributed by atoms with Crippen molar-refractivity contribution in [3.05, 3.63) is 34.5 Å². The number of aromatic amines is 1. The number of hydrogen-bond donors (Lipinski definition) is 1. The maximum absolute atomic E-state index is 3.62. The highest BCUT2D eigenvalue weighted by Gasteiger charge is 2.19. The first kappa shape index (κ1) is 7.98. The first-order chi connectivity index (χ1) is 7.42. The lowest BCUT2D eigenvalue weighted by atomic mass is 9.86. The molecule has 0 atom stereocenters. The summed E-state index contributed by atoms with van der Waals surface area (Å²) in [6.45, 7) is 0. The highest BCUT2D eigenvalue weighted by Crippen LogP contribution is 2.34. The molecular weight excluding hydrogens is 182 g/mol. The number of hydrogen-bond acceptors (Lipinski definition) is 0. The van der Waals surface area contributed by atoms with Crippen molar-refractivity contribution in [1.82, 2.24) is 4.98 Å². The average molecular weight is 197 g/mol. The fraction of sp³-hybridized carbons (Fsp3) is 0.429. The van der Waals surface area contributed by atoms with Crippen LogP contribution in [0.15, 0.2) is 12.1 Å². The fourth-order valence-corrected chi connectivity index (χ4v) is 3.10. The molecule has 0 unspecified atom stereocenters. The molecule has 2 aromatic rings. The summed E-state index contributed by atoms with van der Waals surface area (Å²) in [4.78, 5) is 3.62. The van der Waals surface area contributed by atoms with E-state index in [9.17, 15) is 0 Å². The van der Waals surface area contributed by atoms with E-state index < -0.39 is 0 Å². The van der Waals surface area contributed by atoms with E-state index in [1.54, 1.807) is 16.7 Å². The number of rotatable bonds is 0. The van der Waals surface area contributed by atoms with E-state index in [1.165, 1.54) is 55.1 Å². The van der Waals surface area contributed by atoms with Gasteiger partial charge in [-0.15, -0.1) is 0 Å². The molecule has 2 aliphatic rings. The Bertz CT molecular complexity index is 548. The lowest BCUT2D eigenvalue weighted by Gasteiger charge is -2.18. The molecule has 1 N–H and O–H groups in total. The summed E-state index contributed by atoms with van der Waals surface area (Å²) in [6, 6.07) is 4.82. The molecule has 0 spiro atoms. The van der Waals surface area contributed by atoms with Gasteiger partial charge in [-0.25, -0.2) is 0 Å². The minimum absolute atomic E-state index is 1.26. The Morgan fingerprint density at radius 3 is 2.53 bits per heavy atom. The standard InChI is InChI=1S/C14H15N/c1-2-4-13-11(3-1)12-7-9-5-6-10(9)8-14(12)15-13/h7-8,15H,1-6H2. The largest absolute Gasteiger partial charge is 0.358 e. The van der Waals surface area contributed by atoms with E-state index in [4.69, 9.17) is 0 Å². The van der Waals surface area contributed by atoms with Gasteiger partial charge in [-0.2, -0.15) is 0 Å². The van der Waals surface area contributed by atoms with E-state index >= 15 is 0 Å². The van der Waals surface area contributed by atoms with Gasteiger partial charge in [0.25, 0.3) is 0 Å². The van der Waals surface area contributed by atoms with E-state index in [0.29, 0.717) is 0 Å². The zero-order chi connectivity index (χ0) is 9.83. The van der Waals surface area contributed by atoms with Crippen LogP contribution in [0.3, 0.4) is 0 Å². The van der Waals surface area contributed by atoms with Crippen molar-refractivity contribution in [3.8, 4) is 0 Å². The lowest BCUT2D eigenvalue weighted by molar-refractivity contribution is 0.680. The molecule has 0 radical (unpaired) electrons. The smallest absolute Gasteiger partial charge is 0.0461 e. The van der Waals surface area contributed by atoms with Crippen LogP contribution in [0.5, 0.6) is 0 Å². The van der Waals surface area contributed by atoms with Gasteiger partial charge in [0.1, 0.15) is 0 Å². The van der Waals surface area contributed by atoms with Gasteiger partial charge in [0.2, 0.25) is 0 Å². The van der Waals surface area contributed by atoms with Crippen LogP contribution in [0.25, 0.3) is 10.9 Å². The van der Waals surface area contributed by atoms with Crippen molar-refractivity contribution in [3.63, 3.8) is 0 Å². The Labute approximate surface area is 89.5 Å². The van der Waals surface area contributed by atoms with Crippen molar-refractivity contribution < 1.29 is 0 Å². The molecule has 1 heteroatoms. The van der Waals surface area contributed by atoms with E-state index in [2.05, 4.69) is 17.1 Å². The topological polar surface area (TPSA) is 15.8 Å². The van der Waals surface area contributed by atoms with Crippen molar-refractivity contribution in [2.24, 2.45) is 0 Å². The zero-order valence-electron chi connectivity index (χ0n) is 8.90. The third-order valence-electron chi connectivity index (χ3n) is 4.08. The van der Waals surface area contributed by atoms with Crippen LogP contribution in [0.4, 0.5) is 0 Å². The lowest BCUT2D eigenvalue weighted by Crippen LogP contribution is -2.07. The molecule has 4 rings (SSSR count). The molecule has 0 saturated carbocycles. The maximum atomic E-state index is 3.62. The van der Waals surface area contributed by atoms with Crippen molar-refractivity contribution in [2.45, 2.75) is 38.5 Å². The Morgan fingerprint density at radius 1 is 0.867 bits per heavy atom. The minimum Gasteiger partial charge on any atom is -0.358 e. The summed E-state index contributed by atoms with van der Waals surface area (Å²) >= 11 is 0. The van der Waals surface area contributed by atoms with Gasteiger partial charge in [-0.3, -0.25) is 0 Å². The van der Waals surface area contributed by atoms with Crippen LogP contribution < -0.4 is 0 Å². The molecule has 0 fully saturated rings. The van der Waals surface area contributed by atoms with Crippen LogP contribution in [0.1, 0.15) is 35.2 Å². The number of aromatic nitrogens is 1. The molecular formula is C14H15N.